The number of nitrogens with zero attached hydrogens (tertiary/aromatic N) is 1. The average Bonchev–Trinajstić information content (AvgIpc) is 3.54. The first-order valence-corrected chi connectivity index (χ1v) is 17.1. The molecule has 1 unspecified atom stereocenters. The first-order valence-electron chi connectivity index (χ1n) is 14.6. The molecular weight excluding hydrogens is 671 g/mol. The van der Waals surface area contributed by atoms with Crippen LogP contribution in [0.15, 0.2) is 113 Å². The van der Waals surface area contributed by atoms with Gasteiger partial charge in [-0.1, -0.05) is 90.3 Å². The number of rotatable bonds is 11. The van der Waals surface area contributed by atoms with Crippen LogP contribution in [0.2, 0.25) is 10.0 Å². The van der Waals surface area contributed by atoms with Gasteiger partial charge in [-0.3, -0.25) is 14.4 Å². The number of aryl methyl sites for hydroxylation is 1. The lowest BCUT2D eigenvalue weighted by molar-refractivity contribution is -0.116. The zero-order valence-electron chi connectivity index (χ0n) is 25.4. The standard InChI is InChI=1S/C36H30Cl2N4O3S2/c1-3-32(35(45)42-36-41-31(21-46-36)25-16-17-28(37)29(38)19-25)47-27-11-7-10-26(20-27)39-34(44)30(18-23-14-12-22(2)13-15-23)40-33(43)24-8-5-4-6-9-24/h4-21,32H,3H2,1-2H3,(H,39,44)(H,40,43)(H,41,42,45)/b30-18-. The Bertz CT molecular complexity index is 1930. The summed E-state index contributed by atoms with van der Waals surface area (Å²) in [5.41, 5.74) is 4.37. The molecule has 4 aromatic carbocycles. The van der Waals surface area contributed by atoms with Gasteiger partial charge in [-0.25, -0.2) is 4.98 Å². The molecule has 3 amide bonds. The van der Waals surface area contributed by atoms with Crippen LogP contribution in [0.1, 0.15) is 34.8 Å². The summed E-state index contributed by atoms with van der Waals surface area (Å²) in [6.45, 7) is 3.91. The van der Waals surface area contributed by atoms with E-state index in [1.165, 1.54) is 23.1 Å². The Morgan fingerprint density at radius 3 is 2.38 bits per heavy atom. The Morgan fingerprint density at radius 1 is 0.894 bits per heavy atom. The van der Waals surface area contributed by atoms with Crippen LogP contribution in [0.3, 0.4) is 0 Å². The molecular formula is C36H30Cl2N4O3S2. The van der Waals surface area contributed by atoms with E-state index in [1.54, 1.807) is 60.7 Å². The normalized spacial score (nSPS) is 11.9. The number of amides is 3. The minimum absolute atomic E-state index is 0.0928. The van der Waals surface area contributed by atoms with E-state index in [4.69, 9.17) is 23.2 Å². The molecule has 1 atom stereocenters. The minimum atomic E-state index is -0.483. The first kappa shape index (κ1) is 33.9. The van der Waals surface area contributed by atoms with Crippen molar-refractivity contribution < 1.29 is 14.4 Å². The summed E-state index contributed by atoms with van der Waals surface area (Å²) in [6, 6.07) is 28.8. The summed E-state index contributed by atoms with van der Waals surface area (Å²) in [7, 11) is 0. The van der Waals surface area contributed by atoms with E-state index in [0.29, 0.717) is 38.5 Å². The van der Waals surface area contributed by atoms with Gasteiger partial charge in [0.25, 0.3) is 11.8 Å². The van der Waals surface area contributed by atoms with Crippen LogP contribution >= 0.6 is 46.3 Å². The van der Waals surface area contributed by atoms with Crippen molar-refractivity contribution >= 4 is 80.9 Å². The molecule has 0 aliphatic carbocycles. The third kappa shape index (κ3) is 9.33. The number of aromatic nitrogens is 1. The van der Waals surface area contributed by atoms with E-state index in [-0.39, 0.29) is 11.6 Å². The predicted octanol–water partition coefficient (Wildman–Crippen LogP) is 9.34. The number of carbonyl (C=O) groups excluding carboxylic acids is 3. The molecule has 47 heavy (non-hydrogen) atoms. The van der Waals surface area contributed by atoms with Gasteiger partial charge in [-0.2, -0.15) is 0 Å². The lowest BCUT2D eigenvalue weighted by atomic mass is 10.1. The molecule has 0 radical (unpaired) electrons. The molecule has 1 aromatic heterocycles. The Balaban J connectivity index is 1.27. The summed E-state index contributed by atoms with van der Waals surface area (Å²) in [5, 5.41) is 11.4. The van der Waals surface area contributed by atoms with Gasteiger partial charge >= 0.3 is 0 Å². The van der Waals surface area contributed by atoms with Gasteiger partial charge < -0.3 is 16.0 Å². The summed E-state index contributed by atoms with van der Waals surface area (Å²) in [4.78, 5) is 45.1. The van der Waals surface area contributed by atoms with Gasteiger partial charge in [0.15, 0.2) is 5.13 Å². The minimum Gasteiger partial charge on any atom is -0.321 e. The molecule has 5 rings (SSSR count). The quantitative estimate of drug-likeness (QED) is 0.0942. The van der Waals surface area contributed by atoms with E-state index >= 15 is 0 Å². The number of thiazole rings is 1. The smallest absolute Gasteiger partial charge is 0.272 e. The van der Waals surface area contributed by atoms with Crippen molar-refractivity contribution in [2.24, 2.45) is 0 Å². The SMILES string of the molecule is CCC(Sc1cccc(NC(=O)/C(=C/c2ccc(C)cc2)NC(=O)c2ccccc2)c1)C(=O)Nc1nc(-c2ccc(Cl)c(Cl)c2)cs1. The maximum absolute atomic E-state index is 13.5. The van der Waals surface area contributed by atoms with Crippen molar-refractivity contribution in [3.05, 3.63) is 135 Å². The van der Waals surface area contributed by atoms with Gasteiger partial charge in [0.2, 0.25) is 5.91 Å². The number of hydrogen-bond acceptors (Lipinski definition) is 6. The molecule has 0 spiro atoms. The summed E-state index contributed by atoms with van der Waals surface area (Å²) in [6.07, 6.45) is 2.20. The Labute approximate surface area is 291 Å². The highest BCUT2D eigenvalue weighted by atomic mass is 35.5. The topological polar surface area (TPSA) is 100 Å². The highest BCUT2D eigenvalue weighted by Gasteiger charge is 2.21. The van der Waals surface area contributed by atoms with E-state index in [1.807, 2.05) is 61.7 Å². The molecule has 0 saturated heterocycles. The Morgan fingerprint density at radius 2 is 1.66 bits per heavy atom. The molecule has 0 aliphatic rings. The van der Waals surface area contributed by atoms with Gasteiger partial charge in [0.1, 0.15) is 5.70 Å². The van der Waals surface area contributed by atoms with Crippen LogP contribution in [0.4, 0.5) is 10.8 Å². The van der Waals surface area contributed by atoms with Crippen LogP contribution in [-0.4, -0.2) is 28.0 Å². The third-order valence-electron chi connectivity index (χ3n) is 6.90. The maximum Gasteiger partial charge on any atom is 0.272 e. The summed E-state index contributed by atoms with van der Waals surface area (Å²) >= 11 is 14.9. The molecule has 3 N–H and O–H groups in total. The van der Waals surface area contributed by atoms with Crippen LogP contribution in [0.5, 0.6) is 0 Å². The zero-order valence-corrected chi connectivity index (χ0v) is 28.6. The number of halogens is 2. The largest absolute Gasteiger partial charge is 0.321 e. The van der Waals surface area contributed by atoms with Gasteiger partial charge in [0.05, 0.1) is 21.0 Å². The van der Waals surface area contributed by atoms with E-state index in [9.17, 15) is 14.4 Å². The molecule has 0 aliphatic heterocycles. The highest BCUT2D eigenvalue weighted by Crippen LogP contribution is 2.32. The second-order valence-corrected chi connectivity index (χ2v) is 13.4. The van der Waals surface area contributed by atoms with Gasteiger partial charge in [0, 0.05) is 27.1 Å². The van der Waals surface area contributed by atoms with Crippen LogP contribution in [0, 0.1) is 6.92 Å². The fourth-order valence-corrected chi connectivity index (χ4v) is 6.44. The second kappa shape index (κ2) is 15.9. The predicted molar refractivity (Wildman–Crippen MR) is 194 cm³/mol. The van der Waals surface area contributed by atoms with Crippen molar-refractivity contribution in [2.75, 3.05) is 10.6 Å². The Hall–Kier alpha value is -4.41. The molecule has 0 bridgehead atoms. The number of anilines is 2. The lowest BCUT2D eigenvalue weighted by Crippen LogP contribution is -2.30. The fourth-order valence-electron chi connectivity index (χ4n) is 4.41. The summed E-state index contributed by atoms with van der Waals surface area (Å²) < 4.78 is 0. The summed E-state index contributed by atoms with van der Waals surface area (Å²) in [5.74, 6) is -1.07. The fraction of sp³-hybridized carbons (Fsp3) is 0.111. The van der Waals surface area contributed by atoms with E-state index in [0.717, 1.165) is 21.6 Å². The first-order chi connectivity index (χ1) is 22.7. The van der Waals surface area contributed by atoms with Crippen LogP contribution < -0.4 is 16.0 Å². The molecule has 0 fully saturated rings. The maximum atomic E-state index is 13.5. The number of nitrogens with one attached hydrogen (secondary N) is 3. The van der Waals surface area contributed by atoms with Crippen molar-refractivity contribution in [2.45, 2.75) is 30.4 Å². The van der Waals surface area contributed by atoms with Gasteiger partial charge in [-0.05, 0) is 67.4 Å². The second-order valence-electron chi connectivity index (χ2n) is 10.4. The lowest BCUT2D eigenvalue weighted by Gasteiger charge is -2.15. The van der Waals surface area contributed by atoms with E-state index in [2.05, 4.69) is 20.9 Å². The van der Waals surface area contributed by atoms with Crippen molar-refractivity contribution in [3.63, 3.8) is 0 Å². The Kier molecular flexibility index (Phi) is 11.5. The van der Waals surface area contributed by atoms with Crippen molar-refractivity contribution in [3.8, 4) is 11.3 Å². The molecule has 11 heteroatoms. The monoisotopic (exact) mass is 700 g/mol. The van der Waals surface area contributed by atoms with Crippen molar-refractivity contribution in [1.82, 2.24) is 10.3 Å². The molecule has 238 valence electrons. The number of carbonyl (C=O) groups is 3. The molecule has 0 saturated carbocycles. The van der Waals surface area contributed by atoms with Crippen LogP contribution in [-0.2, 0) is 9.59 Å². The highest BCUT2D eigenvalue weighted by molar-refractivity contribution is 8.00. The third-order valence-corrected chi connectivity index (χ3v) is 9.76. The molecule has 1 heterocycles. The number of benzene rings is 4. The van der Waals surface area contributed by atoms with Crippen LogP contribution in [0.25, 0.3) is 17.3 Å². The number of hydrogen-bond donors (Lipinski definition) is 3. The molecule has 7 nitrogen and oxygen atoms in total. The molecule has 5 aromatic rings. The average molecular weight is 702 g/mol. The van der Waals surface area contributed by atoms with E-state index < -0.39 is 17.1 Å². The van der Waals surface area contributed by atoms with Gasteiger partial charge in [-0.15, -0.1) is 23.1 Å². The van der Waals surface area contributed by atoms with Crippen molar-refractivity contribution in [1.29, 1.82) is 0 Å². The number of thioether (sulfide) groups is 1. The zero-order chi connectivity index (χ0) is 33.3.